The molecule has 0 aliphatic heterocycles. The van der Waals surface area contributed by atoms with Crippen LogP contribution in [0.2, 0.25) is 0 Å². The first-order chi connectivity index (χ1) is 9.92. The van der Waals surface area contributed by atoms with Crippen LogP contribution in [-0.4, -0.2) is 26.0 Å². The van der Waals surface area contributed by atoms with Crippen LogP contribution < -0.4 is 4.72 Å². The summed E-state index contributed by atoms with van der Waals surface area (Å²) in [7, 11) is -3.94. The molecule has 0 radical (unpaired) electrons. The molecule has 1 aromatic rings. The van der Waals surface area contributed by atoms with Crippen molar-refractivity contribution in [3.05, 3.63) is 30.1 Å². The number of esters is 1. The molecule has 1 aromatic carbocycles. The fraction of sp³-hybridized carbons (Fsp3) is 0.533. The molecule has 0 unspecified atom stereocenters. The summed E-state index contributed by atoms with van der Waals surface area (Å²) in [4.78, 5) is 12.0. The molecule has 0 aliphatic rings. The molecule has 0 fully saturated rings. The normalized spacial score (nSPS) is 14.0. The van der Waals surface area contributed by atoms with Crippen LogP contribution in [0.1, 0.15) is 34.6 Å². The Morgan fingerprint density at radius 1 is 1.18 bits per heavy atom. The standard InChI is InChI=1S/C15H22FNO4S/c1-10(2)13(14(18)21-15(3,4)5)17-22(19,20)12-8-6-11(16)7-9-12/h6-10,13,17H,1-5H3/t13-/m0/s1. The molecular formula is C15H22FNO4S. The second kappa shape index (κ2) is 6.75. The number of rotatable bonds is 5. The summed E-state index contributed by atoms with van der Waals surface area (Å²) in [5.74, 6) is -1.48. The van der Waals surface area contributed by atoms with Gasteiger partial charge in [-0.1, -0.05) is 13.8 Å². The Kier molecular flexibility index (Phi) is 5.70. The molecule has 0 heterocycles. The Morgan fingerprint density at radius 2 is 1.68 bits per heavy atom. The minimum absolute atomic E-state index is 0.108. The molecule has 1 N–H and O–H groups in total. The minimum Gasteiger partial charge on any atom is -0.459 e. The first kappa shape index (κ1) is 18.6. The summed E-state index contributed by atoms with van der Waals surface area (Å²) in [5.41, 5.74) is -0.717. The summed E-state index contributed by atoms with van der Waals surface area (Å²) in [6.07, 6.45) is 0. The van der Waals surface area contributed by atoms with Gasteiger partial charge in [-0.25, -0.2) is 12.8 Å². The van der Waals surface area contributed by atoms with Crippen molar-refractivity contribution in [2.45, 2.75) is 51.2 Å². The number of benzene rings is 1. The Hall–Kier alpha value is -1.47. The van der Waals surface area contributed by atoms with E-state index in [0.717, 1.165) is 24.3 Å². The van der Waals surface area contributed by atoms with E-state index in [-0.39, 0.29) is 10.8 Å². The van der Waals surface area contributed by atoms with Crippen LogP contribution in [0.4, 0.5) is 4.39 Å². The van der Waals surface area contributed by atoms with Gasteiger partial charge >= 0.3 is 5.97 Å². The lowest BCUT2D eigenvalue weighted by molar-refractivity contribution is -0.158. The molecule has 22 heavy (non-hydrogen) atoms. The first-order valence-electron chi connectivity index (χ1n) is 6.93. The van der Waals surface area contributed by atoms with E-state index in [9.17, 15) is 17.6 Å². The van der Waals surface area contributed by atoms with Gasteiger partial charge in [0.25, 0.3) is 0 Å². The molecule has 0 saturated heterocycles. The molecule has 0 spiro atoms. The predicted molar refractivity (Wildman–Crippen MR) is 81.2 cm³/mol. The van der Waals surface area contributed by atoms with E-state index in [0.29, 0.717) is 0 Å². The van der Waals surface area contributed by atoms with E-state index >= 15 is 0 Å². The van der Waals surface area contributed by atoms with Gasteiger partial charge in [-0.2, -0.15) is 4.72 Å². The second-order valence-corrected chi connectivity index (χ2v) is 8.04. The third kappa shape index (κ3) is 5.38. The van der Waals surface area contributed by atoms with Crippen molar-refractivity contribution in [1.82, 2.24) is 4.72 Å². The monoisotopic (exact) mass is 331 g/mol. The largest absolute Gasteiger partial charge is 0.459 e. The Labute approximate surface area is 130 Å². The highest BCUT2D eigenvalue weighted by atomic mass is 32.2. The third-order valence-electron chi connectivity index (χ3n) is 2.73. The van der Waals surface area contributed by atoms with Gasteiger partial charge in [0, 0.05) is 0 Å². The van der Waals surface area contributed by atoms with Crippen LogP contribution in [0.25, 0.3) is 0 Å². The Balaban J connectivity index is 3.00. The average molecular weight is 331 g/mol. The lowest BCUT2D eigenvalue weighted by atomic mass is 10.1. The second-order valence-electron chi connectivity index (χ2n) is 6.33. The van der Waals surface area contributed by atoms with Gasteiger partial charge in [0.15, 0.2) is 0 Å². The van der Waals surface area contributed by atoms with Crippen molar-refractivity contribution >= 4 is 16.0 Å². The smallest absolute Gasteiger partial charge is 0.324 e. The van der Waals surface area contributed by atoms with Gasteiger partial charge in [0.2, 0.25) is 10.0 Å². The maximum absolute atomic E-state index is 12.9. The highest BCUT2D eigenvalue weighted by Crippen LogP contribution is 2.16. The fourth-order valence-corrected chi connectivity index (χ4v) is 3.00. The minimum atomic E-state index is -3.94. The average Bonchev–Trinajstić information content (AvgIpc) is 2.34. The van der Waals surface area contributed by atoms with Crippen LogP contribution in [0, 0.1) is 11.7 Å². The van der Waals surface area contributed by atoms with Gasteiger partial charge in [-0.3, -0.25) is 4.79 Å². The zero-order chi connectivity index (χ0) is 17.1. The third-order valence-corrected chi connectivity index (χ3v) is 4.19. The van der Waals surface area contributed by atoms with E-state index in [1.807, 2.05) is 0 Å². The van der Waals surface area contributed by atoms with E-state index in [4.69, 9.17) is 4.74 Å². The van der Waals surface area contributed by atoms with Crippen LogP contribution in [0.15, 0.2) is 29.2 Å². The molecule has 1 rings (SSSR count). The van der Waals surface area contributed by atoms with Crippen molar-refractivity contribution in [3.63, 3.8) is 0 Å². The fourth-order valence-electron chi connectivity index (χ4n) is 1.67. The SMILES string of the molecule is CC(C)[C@H](NS(=O)(=O)c1ccc(F)cc1)C(=O)OC(C)(C)C. The van der Waals surface area contributed by atoms with E-state index in [2.05, 4.69) is 4.72 Å². The Bertz CT molecular complexity index is 618. The number of sulfonamides is 1. The number of hydrogen-bond acceptors (Lipinski definition) is 4. The van der Waals surface area contributed by atoms with E-state index in [1.54, 1.807) is 34.6 Å². The highest BCUT2D eigenvalue weighted by Gasteiger charge is 2.32. The summed E-state index contributed by atoms with van der Waals surface area (Å²) in [5, 5.41) is 0. The number of halogens is 1. The van der Waals surface area contributed by atoms with Gasteiger partial charge < -0.3 is 4.74 Å². The van der Waals surface area contributed by atoms with Crippen LogP contribution in [-0.2, 0) is 19.6 Å². The highest BCUT2D eigenvalue weighted by molar-refractivity contribution is 7.89. The van der Waals surface area contributed by atoms with Crippen LogP contribution in [0.3, 0.4) is 0 Å². The summed E-state index contributed by atoms with van der Waals surface area (Å²) in [6, 6.07) is 3.36. The van der Waals surface area contributed by atoms with Crippen molar-refractivity contribution in [1.29, 1.82) is 0 Å². The zero-order valence-electron chi connectivity index (χ0n) is 13.4. The number of hydrogen-bond donors (Lipinski definition) is 1. The summed E-state index contributed by atoms with van der Waals surface area (Å²) in [6.45, 7) is 8.54. The van der Waals surface area contributed by atoms with Crippen molar-refractivity contribution in [3.8, 4) is 0 Å². The molecule has 0 aromatic heterocycles. The van der Waals surface area contributed by atoms with E-state index in [1.165, 1.54) is 0 Å². The number of carbonyl (C=O) groups excluding carboxylic acids is 1. The van der Waals surface area contributed by atoms with Crippen molar-refractivity contribution < 1.29 is 22.3 Å². The molecule has 0 aliphatic carbocycles. The van der Waals surface area contributed by atoms with Gasteiger partial charge in [0.05, 0.1) is 4.90 Å². The van der Waals surface area contributed by atoms with Gasteiger partial charge in [0.1, 0.15) is 17.5 Å². The topological polar surface area (TPSA) is 72.5 Å². The lowest BCUT2D eigenvalue weighted by Gasteiger charge is -2.26. The maximum Gasteiger partial charge on any atom is 0.324 e. The summed E-state index contributed by atoms with van der Waals surface area (Å²) >= 11 is 0. The lowest BCUT2D eigenvalue weighted by Crippen LogP contribution is -2.47. The maximum atomic E-state index is 12.9. The molecule has 5 nitrogen and oxygen atoms in total. The molecule has 0 saturated carbocycles. The predicted octanol–water partition coefficient (Wildman–Crippen LogP) is 2.47. The van der Waals surface area contributed by atoms with Crippen molar-refractivity contribution in [2.24, 2.45) is 5.92 Å². The number of ether oxygens (including phenoxy) is 1. The van der Waals surface area contributed by atoms with Crippen molar-refractivity contribution in [2.75, 3.05) is 0 Å². The van der Waals surface area contributed by atoms with Crippen LogP contribution in [0.5, 0.6) is 0 Å². The molecule has 7 heteroatoms. The molecule has 0 amide bonds. The molecular weight excluding hydrogens is 309 g/mol. The Morgan fingerprint density at radius 3 is 2.09 bits per heavy atom. The number of carbonyl (C=O) groups is 1. The molecule has 124 valence electrons. The van der Waals surface area contributed by atoms with E-state index < -0.39 is 33.5 Å². The number of nitrogens with one attached hydrogen (secondary N) is 1. The summed E-state index contributed by atoms with van der Waals surface area (Å²) < 4.78 is 45.0. The molecule has 0 bridgehead atoms. The van der Waals surface area contributed by atoms with Gasteiger partial charge in [-0.15, -0.1) is 0 Å². The van der Waals surface area contributed by atoms with Gasteiger partial charge in [-0.05, 0) is 51.0 Å². The zero-order valence-corrected chi connectivity index (χ0v) is 14.2. The molecule has 1 atom stereocenters. The quantitative estimate of drug-likeness (QED) is 0.841. The first-order valence-corrected chi connectivity index (χ1v) is 8.41. The van der Waals surface area contributed by atoms with Crippen LogP contribution >= 0.6 is 0 Å².